The summed E-state index contributed by atoms with van der Waals surface area (Å²) in [5.74, 6) is 16.5. The first-order valence-electron chi connectivity index (χ1n) is 5.64. The van der Waals surface area contributed by atoms with Gasteiger partial charge in [-0.2, -0.15) is 0 Å². The molecule has 0 aliphatic carbocycles. The highest BCUT2D eigenvalue weighted by Crippen LogP contribution is 2.22. The highest BCUT2D eigenvalue weighted by Gasteiger charge is 2.05. The lowest BCUT2D eigenvalue weighted by Crippen LogP contribution is -2.02. The van der Waals surface area contributed by atoms with Gasteiger partial charge in [0.2, 0.25) is 0 Å². The summed E-state index contributed by atoms with van der Waals surface area (Å²) < 4.78 is 0. The Balaban J connectivity index is 0.000000659. The molecule has 0 heterocycles. The number of hydrogen-bond donors (Lipinski definition) is 4. The molecule has 0 aromatic heterocycles. The van der Waals surface area contributed by atoms with Crippen molar-refractivity contribution in [3.05, 3.63) is 71.8 Å². The van der Waals surface area contributed by atoms with Crippen LogP contribution in [0.4, 0.5) is 0 Å². The molecule has 8 N–H and O–H groups in total. The SMILES string of the molecule is CC(c1ccccc1)c1ccccc1.NN.NN. The van der Waals surface area contributed by atoms with Gasteiger partial charge < -0.3 is 0 Å². The summed E-state index contributed by atoms with van der Waals surface area (Å²) in [5.41, 5.74) is 2.75. The number of rotatable bonds is 2. The zero-order chi connectivity index (χ0) is 13.8. The number of hydrazine groups is 2. The molecular formula is C14H22N4. The molecule has 0 spiro atoms. The van der Waals surface area contributed by atoms with Crippen molar-refractivity contribution in [1.29, 1.82) is 0 Å². The van der Waals surface area contributed by atoms with Gasteiger partial charge in [-0.05, 0) is 11.1 Å². The van der Waals surface area contributed by atoms with Gasteiger partial charge >= 0.3 is 0 Å². The van der Waals surface area contributed by atoms with E-state index in [2.05, 4.69) is 91.0 Å². The maximum atomic E-state index is 4.00. The van der Waals surface area contributed by atoms with Crippen molar-refractivity contribution in [1.82, 2.24) is 0 Å². The largest absolute Gasteiger partial charge is 0.274 e. The first-order valence-corrected chi connectivity index (χ1v) is 5.64. The standard InChI is InChI=1S/C14H14.2H4N2/c1-12(13-8-4-2-5-9-13)14-10-6-3-7-11-14;2*1-2/h2-12H,1H3;2*1-2H2. The summed E-state index contributed by atoms with van der Waals surface area (Å²) in [4.78, 5) is 0. The minimum atomic E-state index is 0.484. The van der Waals surface area contributed by atoms with E-state index in [0.29, 0.717) is 5.92 Å². The molecule has 0 bridgehead atoms. The van der Waals surface area contributed by atoms with Crippen LogP contribution >= 0.6 is 0 Å². The number of hydrogen-bond acceptors (Lipinski definition) is 4. The maximum Gasteiger partial charge on any atom is 0.00610 e. The molecule has 2 aromatic rings. The van der Waals surface area contributed by atoms with Gasteiger partial charge in [-0.1, -0.05) is 67.6 Å². The Bertz CT molecular complexity index is 350. The minimum Gasteiger partial charge on any atom is -0.274 e. The predicted molar refractivity (Wildman–Crippen MR) is 77.2 cm³/mol. The summed E-state index contributed by atoms with van der Waals surface area (Å²) in [5, 5.41) is 0. The fourth-order valence-corrected chi connectivity index (χ4v) is 1.68. The third kappa shape index (κ3) is 5.07. The van der Waals surface area contributed by atoms with E-state index in [9.17, 15) is 0 Å². The van der Waals surface area contributed by atoms with Gasteiger partial charge in [0, 0.05) is 5.92 Å². The first kappa shape index (κ1) is 16.3. The molecule has 0 radical (unpaired) electrons. The molecule has 0 aliphatic heterocycles. The Morgan fingerprint density at radius 3 is 1.17 bits per heavy atom. The van der Waals surface area contributed by atoms with Crippen LogP contribution in [0, 0.1) is 0 Å². The lowest BCUT2D eigenvalue weighted by Gasteiger charge is -2.11. The lowest BCUT2D eigenvalue weighted by atomic mass is 9.93. The Kier molecular flexibility index (Phi) is 9.44. The molecule has 0 atom stereocenters. The van der Waals surface area contributed by atoms with E-state index < -0.39 is 0 Å². The van der Waals surface area contributed by atoms with Crippen LogP contribution in [0.5, 0.6) is 0 Å². The molecule has 4 nitrogen and oxygen atoms in total. The Labute approximate surface area is 109 Å². The van der Waals surface area contributed by atoms with Crippen molar-refractivity contribution in [2.75, 3.05) is 0 Å². The van der Waals surface area contributed by atoms with E-state index in [0.717, 1.165) is 0 Å². The summed E-state index contributed by atoms with van der Waals surface area (Å²) >= 11 is 0. The van der Waals surface area contributed by atoms with Crippen LogP contribution in [0.25, 0.3) is 0 Å². The van der Waals surface area contributed by atoms with Crippen LogP contribution in [0.15, 0.2) is 60.7 Å². The van der Waals surface area contributed by atoms with E-state index in [4.69, 9.17) is 0 Å². The molecule has 0 unspecified atom stereocenters. The zero-order valence-corrected chi connectivity index (χ0v) is 10.7. The van der Waals surface area contributed by atoms with Crippen LogP contribution in [0.3, 0.4) is 0 Å². The second-order valence-corrected chi connectivity index (χ2v) is 3.54. The molecule has 0 fully saturated rings. The third-order valence-corrected chi connectivity index (χ3v) is 2.60. The van der Waals surface area contributed by atoms with Gasteiger partial charge in [-0.15, -0.1) is 0 Å². The van der Waals surface area contributed by atoms with Crippen molar-refractivity contribution < 1.29 is 0 Å². The molecule has 0 amide bonds. The van der Waals surface area contributed by atoms with Crippen LogP contribution in [0.1, 0.15) is 24.0 Å². The van der Waals surface area contributed by atoms with Gasteiger partial charge in [-0.3, -0.25) is 23.4 Å². The van der Waals surface area contributed by atoms with E-state index in [1.807, 2.05) is 0 Å². The van der Waals surface area contributed by atoms with Crippen molar-refractivity contribution in [3.63, 3.8) is 0 Å². The van der Waals surface area contributed by atoms with Crippen LogP contribution in [-0.4, -0.2) is 0 Å². The molecule has 2 rings (SSSR count). The monoisotopic (exact) mass is 246 g/mol. The smallest absolute Gasteiger partial charge is 0.00610 e. The highest BCUT2D eigenvalue weighted by molar-refractivity contribution is 5.31. The van der Waals surface area contributed by atoms with Gasteiger partial charge in [0.1, 0.15) is 0 Å². The molecule has 18 heavy (non-hydrogen) atoms. The van der Waals surface area contributed by atoms with Crippen LogP contribution in [0.2, 0.25) is 0 Å². The van der Waals surface area contributed by atoms with Crippen LogP contribution < -0.4 is 23.4 Å². The van der Waals surface area contributed by atoms with E-state index in [1.54, 1.807) is 0 Å². The molecule has 98 valence electrons. The summed E-state index contributed by atoms with van der Waals surface area (Å²) in [6.45, 7) is 2.24. The predicted octanol–water partition coefficient (Wildman–Crippen LogP) is 1.48. The number of nitrogens with two attached hydrogens (primary N) is 4. The molecule has 0 aliphatic rings. The van der Waals surface area contributed by atoms with Gasteiger partial charge in [-0.25, -0.2) is 0 Å². The van der Waals surface area contributed by atoms with Gasteiger partial charge in [0.15, 0.2) is 0 Å². The first-order chi connectivity index (χ1) is 8.88. The molecule has 4 heteroatoms. The normalized spacial score (nSPS) is 8.78. The molecule has 0 saturated heterocycles. The van der Waals surface area contributed by atoms with Crippen molar-refractivity contribution in [2.45, 2.75) is 12.8 Å². The number of benzene rings is 2. The average molecular weight is 246 g/mol. The van der Waals surface area contributed by atoms with Gasteiger partial charge in [0.05, 0.1) is 0 Å². The lowest BCUT2D eigenvalue weighted by molar-refractivity contribution is 0.922. The quantitative estimate of drug-likeness (QED) is 0.476. The average Bonchev–Trinajstić information content (AvgIpc) is 2.52. The Morgan fingerprint density at radius 2 is 0.889 bits per heavy atom. The highest BCUT2D eigenvalue weighted by atomic mass is 15.0. The summed E-state index contributed by atoms with van der Waals surface area (Å²) in [7, 11) is 0. The Morgan fingerprint density at radius 1 is 0.611 bits per heavy atom. The van der Waals surface area contributed by atoms with E-state index >= 15 is 0 Å². The maximum absolute atomic E-state index is 4.00. The van der Waals surface area contributed by atoms with Gasteiger partial charge in [0.25, 0.3) is 0 Å². The Hall–Kier alpha value is -1.72. The molecule has 2 aromatic carbocycles. The second-order valence-electron chi connectivity index (χ2n) is 3.54. The third-order valence-electron chi connectivity index (χ3n) is 2.60. The minimum absolute atomic E-state index is 0.484. The van der Waals surface area contributed by atoms with Crippen molar-refractivity contribution in [2.24, 2.45) is 23.4 Å². The fraction of sp³-hybridized carbons (Fsp3) is 0.143. The molecule has 0 saturated carbocycles. The van der Waals surface area contributed by atoms with Crippen LogP contribution in [-0.2, 0) is 0 Å². The fourth-order valence-electron chi connectivity index (χ4n) is 1.68. The summed E-state index contributed by atoms with van der Waals surface area (Å²) in [6.07, 6.45) is 0. The second kappa shape index (κ2) is 10.4. The van der Waals surface area contributed by atoms with E-state index in [-0.39, 0.29) is 0 Å². The van der Waals surface area contributed by atoms with E-state index in [1.165, 1.54) is 11.1 Å². The summed E-state index contributed by atoms with van der Waals surface area (Å²) in [6, 6.07) is 21.2. The molecular weight excluding hydrogens is 224 g/mol. The van der Waals surface area contributed by atoms with Crippen molar-refractivity contribution in [3.8, 4) is 0 Å². The zero-order valence-electron chi connectivity index (χ0n) is 10.7. The topological polar surface area (TPSA) is 104 Å². The van der Waals surface area contributed by atoms with Crippen molar-refractivity contribution >= 4 is 0 Å².